The second-order valence-electron chi connectivity index (χ2n) is 4.25. The van der Waals surface area contributed by atoms with Crippen molar-refractivity contribution in [3.05, 3.63) is 18.0 Å². The van der Waals surface area contributed by atoms with Crippen molar-refractivity contribution in [1.29, 1.82) is 0 Å². The number of nitrogens with one attached hydrogen (secondary N) is 2. The van der Waals surface area contributed by atoms with Crippen LogP contribution in [0, 0.1) is 0 Å². The van der Waals surface area contributed by atoms with Crippen LogP contribution in [0.3, 0.4) is 0 Å². The van der Waals surface area contributed by atoms with E-state index in [2.05, 4.69) is 27.3 Å². The summed E-state index contributed by atoms with van der Waals surface area (Å²) < 4.78 is 0. The number of carbonyl (C=O) groups excluding carboxylic acids is 1. The summed E-state index contributed by atoms with van der Waals surface area (Å²) in [5, 5.41) is 9.44. The first kappa shape index (κ1) is 11.1. The van der Waals surface area contributed by atoms with Crippen molar-refractivity contribution in [2.75, 3.05) is 19.6 Å². The Bertz CT molecular complexity index is 336. The molecule has 0 aromatic carbocycles. The zero-order valence-corrected chi connectivity index (χ0v) is 9.57. The molecule has 1 atom stereocenters. The summed E-state index contributed by atoms with van der Waals surface area (Å²) >= 11 is 0. The molecule has 1 aromatic heterocycles. The van der Waals surface area contributed by atoms with Crippen molar-refractivity contribution in [3.63, 3.8) is 0 Å². The molecule has 0 unspecified atom stereocenters. The molecular weight excluding hydrogens is 204 g/mol. The molecule has 2 heterocycles. The Morgan fingerprint density at radius 2 is 2.62 bits per heavy atom. The molecule has 0 saturated carbocycles. The Kier molecular flexibility index (Phi) is 3.56. The zero-order valence-electron chi connectivity index (χ0n) is 9.57. The molecule has 2 N–H and O–H groups in total. The van der Waals surface area contributed by atoms with Gasteiger partial charge in [-0.25, -0.2) is 0 Å². The average molecular weight is 222 g/mol. The van der Waals surface area contributed by atoms with Gasteiger partial charge in [0.1, 0.15) is 0 Å². The minimum absolute atomic E-state index is 0.0305. The van der Waals surface area contributed by atoms with Gasteiger partial charge in [0.05, 0.1) is 11.8 Å². The third kappa shape index (κ3) is 2.61. The molecule has 1 amide bonds. The minimum Gasteiger partial charge on any atom is -0.348 e. The lowest BCUT2D eigenvalue weighted by Crippen LogP contribution is -2.37. The predicted octanol–water partition coefficient (Wildman–Crippen LogP) is 0.624. The number of amides is 1. The molecular formula is C11H18N4O. The number of nitrogens with zero attached hydrogens (tertiary/aromatic N) is 2. The second kappa shape index (κ2) is 5.12. The van der Waals surface area contributed by atoms with Gasteiger partial charge < -0.3 is 10.2 Å². The number of likely N-dealkylation sites (tertiary alicyclic amines) is 1. The van der Waals surface area contributed by atoms with Crippen LogP contribution in [-0.2, 0) is 0 Å². The average Bonchev–Trinajstić information content (AvgIpc) is 2.89. The largest absolute Gasteiger partial charge is 0.348 e. The van der Waals surface area contributed by atoms with Crippen LogP contribution in [0.2, 0.25) is 0 Å². The molecule has 88 valence electrons. The molecule has 0 radical (unpaired) electrons. The van der Waals surface area contributed by atoms with Gasteiger partial charge in [0.25, 0.3) is 5.91 Å². The van der Waals surface area contributed by atoms with Gasteiger partial charge in [-0.1, -0.05) is 6.92 Å². The van der Waals surface area contributed by atoms with E-state index in [0.717, 1.165) is 26.1 Å². The van der Waals surface area contributed by atoms with Gasteiger partial charge in [-0.15, -0.1) is 0 Å². The maximum atomic E-state index is 11.7. The van der Waals surface area contributed by atoms with Crippen LogP contribution >= 0.6 is 0 Å². The van der Waals surface area contributed by atoms with Gasteiger partial charge in [-0.05, 0) is 19.4 Å². The summed E-state index contributed by atoms with van der Waals surface area (Å²) in [6.07, 6.45) is 5.38. The van der Waals surface area contributed by atoms with Gasteiger partial charge in [0.15, 0.2) is 0 Å². The number of rotatable bonds is 4. The smallest absolute Gasteiger partial charge is 0.254 e. The van der Waals surface area contributed by atoms with E-state index in [4.69, 9.17) is 0 Å². The fraction of sp³-hybridized carbons (Fsp3) is 0.636. The van der Waals surface area contributed by atoms with Crippen molar-refractivity contribution in [2.24, 2.45) is 0 Å². The van der Waals surface area contributed by atoms with E-state index in [-0.39, 0.29) is 11.9 Å². The number of carbonyl (C=O) groups is 1. The third-order valence-corrected chi connectivity index (χ3v) is 2.91. The van der Waals surface area contributed by atoms with Crippen LogP contribution in [0.15, 0.2) is 12.4 Å². The molecule has 1 fully saturated rings. The second-order valence-corrected chi connectivity index (χ2v) is 4.25. The van der Waals surface area contributed by atoms with Crippen LogP contribution in [0.1, 0.15) is 30.1 Å². The molecule has 1 saturated heterocycles. The van der Waals surface area contributed by atoms with Crippen LogP contribution in [-0.4, -0.2) is 46.7 Å². The van der Waals surface area contributed by atoms with Crippen molar-refractivity contribution in [1.82, 2.24) is 20.4 Å². The zero-order chi connectivity index (χ0) is 11.4. The highest BCUT2D eigenvalue weighted by atomic mass is 16.1. The fourth-order valence-corrected chi connectivity index (χ4v) is 2.11. The standard InChI is InChI=1S/C11H18N4O/c1-2-4-15-5-3-10(8-15)14-11(16)9-6-12-13-7-9/h6-7,10H,2-5,8H2,1H3,(H,12,13)(H,14,16)/t10-/m0/s1. The van der Waals surface area contributed by atoms with Crippen LogP contribution in [0.25, 0.3) is 0 Å². The summed E-state index contributed by atoms with van der Waals surface area (Å²) in [5.41, 5.74) is 0.606. The van der Waals surface area contributed by atoms with Crippen LogP contribution in [0.4, 0.5) is 0 Å². The molecule has 0 bridgehead atoms. The first-order chi connectivity index (χ1) is 7.79. The maximum absolute atomic E-state index is 11.7. The molecule has 16 heavy (non-hydrogen) atoms. The topological polar surface area (TPSA) is 61.0 Å². The van der Waals surface area contributed by atoms with Crippen molar-refractivity contribution in [2.45, 2.75) is 25.8 Å². The highest BCUT2D eigenvalue weighted by molar-refractivity contribution is 5.93. The normalized spacial score (nSPS) is 21.2. The molecule has 1 aromatic rings. The summed E-state index contributed by atoms with van der Waals surface area (Å²) in [7, 11) is 0. The number of hydrogen-bond donors (Lipinski definition) is 2. The minimum atomic E-state index is -0.0305. The van der Waals surface area contributed by atoms with Crippen LogP contribution < -0.4 is 5.32 Å². The lowest BCUT2D eigenvalue weighted by Gasteiger charge is -2.15. The number of hydrogen-bond acceptors (Lipinski definition) is 3. The number of aromatic nitrogens is 2. The fourth-order valence-electron chi connectivity index (χ4n) is 2.11. The molecule has 1 aliphatic heterocycles. The van der Waals surface area contributed by atoms with Gasteiger partial charge in [0.2, 0.25) is 0 Å². The maximum Gasteiger partial charge on any atom is 0.254 e. The highest BCUT2D eigenvalue weighted by Gasteiger charge is 2.23. The molecule has 5 nitrogen and oxygen atoms in total. The summed E-state index contributed by atoms with van der Waals surface area (Å²) in [5.74, 6) is -0.0305. The van der Waals surface area contributed by atoms with E-state index < -0.39 is 0 Å². The summed E-state index contributed by atoms with van der Waals surface area (Å²) in [4.78, 5) is 14.1. The van der Waals surface area contributed by atoms with E-state index in [1.165, 1.54) is 6.42 Å². The molecule has 0 aliphatic carbocycles. The first-order valence-electron chi connectivity index (χ1n) is 5.81. The Balaban J connectivity index is 1.81. The molecule has 1 aliphatic rings. The number of H-pyrrole nitrogens is 1. The van der Waals surface area contributed by atoms with Crippen LogP contribution in [0.5, 0.6) is 0 Å². The van der Waals surface area contributed by atoms with Crippen molar-refractivity contribution < 1.29 is 4.79 Å². The van der Waals surface area contributed by atoms with Gasteiger partial charge >= 0.3 is 0 Å². The van der Waals surface area contributed by atoms with E-state index >= 15 is 0 Å². The van der Waals surface area contributed by atoms with E-state index in [0.29, 0.717) is 5.56 Å². The highest BCUT2D eigenvalue weighted by Crippen LogP contribution is 2.10. The monoisotopic (exact) mass is 222 g/mol. The Labute approximate surface area is 95.2 Å². The van der Waals surface area contributed by atoms with Crippen molar-refractivity contribution in [3.8, 4) is 0 Å². The van der Waals surface area contributed by atoms with Gasteiger partial charge in [-0.2, -0.15) is 5.10 Å². The lowest BCUT2D eigenvalue weighted by molar-refractivity contribution is 0.0938. The van der Waals surface area contributed by atoms with Gasteiger partial charge in [0, 0.05) is 25.3 Å². The lowest BCUT2D eigenvalue weighted by atomic mass is 10.2. The quantitative estimate of drug-likeness (QED) is 0.785. The number of aromatic amines is 1. The van der Waals surface area contributed by atoms with E-state index in [9.17, 15) is 4.79 Å². The Morgan fingerprint density at radius 1 is 1.75 bits per heavy atom. The summed E-state index contributed by atoms with van der Waals surface area (Å²) in [6.45, 7) is 5.36. The van der Waals surface area contributed by atoms with E-state index in [1.54, 1.807) is 12.4 Å². The molecule has 2 rings (SSSR count). The summed E-state index contributed by atoms with van der Waals surface area (Å²) in [6, 6.07) is 0.286. The SMILES string of the molecule is CCCN1CC[C@H](NC(=O)c2cn[nH]c2)C1. The Morgan fingerprint density at radius 3 is 3.31 bits per heavy atom. The Hall–Kier alpha value is -1.36. The van der Waals surface area contributed by atoms with E-state index in [1.807, 2.05) is 0 Å². The van der Waals surface area contributed by atoms with Gasteiger partial charge in [-0.3, -0.25) is 9.89 Å². The van der Waals surface area contributed by atoms with Crippen molar-refractivity contribution >= 4 is 5.91 Å². The predicted molar refractivity (Wildman–Crippen MR) is 61.2 cm³/mol. The first-order valence-corrected chi connectivity index (χ1v) is 5.81. The molecule has 5 heteroatoms. The third-order valence-electron chi connectivity index (χ3n) is 2.91. The molecule has 0 spiro atoms.